The van der Waals surface area contributed by atoms with Crippen molar-refractivity contribution in [3.8, 4) is 0 Å². The van der Waals surface area contributed by atoms with Gasteiger partial charge in [-0.2, -0.15) is 0 Å². The molecule has 24 heavy (non-hydrogen) atoms. The summed E-state index contributed by atoms with van der Waals surface area (Å²) in [4.78, 5) is 0. The molecule has 138 valence electrons. The lowest BCUT2D eigenvalue weighted by molar-refractivity contribution is -0.169. The largest absolute Gasteiger partial charge is 0.414 e. The Morgan fingerprint density at radius 2 is 2.08 bits per heavy atom. The molecule has 0 aromatic carbocycles. The molecule has 0 radical (unpaired) electrons. The predicted octanol–water partition coefficient (Wildman–Crippen LogP) is 4.67. The van der Waals surface area contributed by atoms with Crippen molar-refractivity contribution >= 4 is 8.32 Å². The first-order valence-electron chi connectivity index (χ1n) is 9.03. The van der Waals surface area contributed by atoms with E-state index in [4.69, 9.17) is 18.4 Å². The molecule has 1 aromatic heterocycles. The van der Waals surface area contributed by atoms with E-state index in [9.17, 15) is 0 Å². The average Bonchev–Trinajstić information content (AvgIpc) is 2.92. The van der Waals surface area contributed by atoms with Gasteiger partial charge in [0.1, 0.15) is 11.5 Å². The molecule has 0 N–H and O–H groups in total. The summed E-state index contributed by atoms with van der Waals surface area (Å²) in [7, 11) is -1.76. The van der Waals surface area contributed by atoms with E-state index in [1.54, 1.807) is 0 Å². The zero-order valence-corrected chi connectivity index (χ0v) is 17.1. The Hall–Kier alpha value is -0.693. The Kier molecular flexibility index (Phi) is 6.64. The molecule has 0 saturated carbocycles. The monoisotopic (exact) mass is 355 g/mol. The van der Waals surface area contributed by atoms with E-state index in [-0.39, 0.29) is 17.4 Å². The van der Waals surface area contributed by atoms with Gasteiger partial charge >= 0.3 is 0 Å². The smallest absolute Gasteiger partial charge is 0.192 e. The van der Waals surface area contributed by atoms with E-state index in [1.807, 2.05) is 6.07 Å². The third kappa shape index (κ3) is 5.69. The van der Waals surface area contributed by atoms with Crippen LogP contribution in [0.2, 0.25) is 18.1 Å². The maximum Gasteiger partial charge on any atom is 0.192 e. The minimum Gasteiger partial charge on any atom is -0.414 e. The lowest BCUT2D eigenvalue weighted by atomic mass is 10.2. The lowest BCUT2D eigenvalue weighted by Crippen LogP contribution is -2.43. The van der Waals surface area contributed by atoms with Crippen LogP contribution in [-0.2, 0) is 26.9 Å². The molecule has 0 bridgehead atoms. The van der Waals surface area contributed by atoms with Crippen molar-refractivity contribution < 1.29 is 18.4 Å². The van der Waals surface area contributed by atoms with Gasteiger partial charge < -0.3 is 18.4 Å². The highest BCUT2D eigenvalue weighted by molar-refractivity contribution is 6.74. The molecular weight excluding hydrogens is 322 g/mol. The molecule has 1 fully saturated rings. The van der Waals surface area contributed by atoms with Gasteiger partial charge in [-0.25, -0.2) is 0 Å². The molecule has 2 rings (SSSR count). The first kappa shape index (κ1) is 19.6. The van der Waals surface area contributed by atoms with E-state index in [1.165, 1.54) is 0 Å². The molecule has 1 aliphatic rings. The van der Waals surface area contributed by atoms with Crippen LogP contribution < -0.4 is 0 Å². The maximum atomic E-state index is 6.37. The van der Waals surface area contributed by atoms with Crippen molar-refractivity contribution in [3.05, 3.63) is 17.5 Å². The third-order valence-corrected chi connectivity index (χ3v) is 9.56. The second-order valence-corrected chi connectivity index (χ2v) is 13.0. The van der Waals surface area contributed by atoms with E-state index in [0.717, 1.165) is 43.7 Å². The van der Waals surface area contributed by atoms with Gasteiger partial charge in [0.25, 0.3) is 0 Å². The summed E-state index contributed by atoms with van der Waals surface area (Å²) in [6.07, 6.45) is 4.01. The maximum absolute atomic E-state index is 6.37. The summed E-state index contributed by atoms with van der Waals surface area (Å²) in [6.45, 7) is 14.6. The molecule has 0 aliphatic carbocycles. The van der Waals surface area contributed by atoms with Crippen molar-refractivity contribution in [2.24, 2.45) is 0 Å². The fraction of sp³-hybridized carbons (Fsp3) is 0.833. The van der Waals surface area contributed by atoms with Crippen LogP contribution in [0.5, 0.6) is 0 Å². The van der Waals surface area contributed by atoms with Crippen LogP contribution in [-0.4, -0.2) is 32.5 Å². The Balaban J connectivity index is 1.80. The number of ether oxygens (including phenoxy) is 2. The summed E-state index contributed by atoms with van der Waals surface area (Å²) in [6, 6.07) is 1.97. The van der Waals surface area contributed by atoms with Crippen LogP contribution in [0.1, 0.15) is 58.4 Å². The van der Waals surface area contributed by atoms with E-state index in [0.29, 0.717) is 6.61 Å². The Bertz CT molecular complexity index is 503. The van der Waals surface area contributed by atoms with Crippen molar-refractivity contribution in [3.63, 3.8) is 0 Å². The average molecular weight is 356 g/mol. The fourth-order valence-corrected chi connectivity index (χ4v) is 3.99. The van der Waals surface area contributed by atoms with Gasteiger partial charge in [-0.05, 0) is 44.3 Å². The minimum absolute atomic E-state index is 0.0975. The van der Waals surface area contributed by atoms with Gasteiger partial charge in [0, 0.05) is 25.2 Å². The summed E-state index contributed by atoms with van der Waals surface area (Å²) >= 11 is 0. The van der Waals surface area contributed by atoms with E-state index >= 15 is 0 Å². The van der Waals surface area contributed by atoms with Gasteiger partial charge in [0.05, 0.1) is 6.61 Å². The summed E-state index contributed by atoms with van der Waals surface area (Å²) < 4.78 is 23.1. The van der Waals surface area contributed by atoms with Crippen LogP contribution >= 0.6 is 0 Å². The van der Waals surface area contributed by atoms with Gasteiger partial charge in [0.2, 0.25) is 0 Å². The van der Waals surface area contributed by atoms with Crippen LogP contribution in [0.3, 0.4) is 0 Å². The molecule has 2 unspecified atom stereocenters. The quantitative estimate of drug-likeness (QED) is 0.665. The third-order valence-electron chi connectivity index (χ3n) is 4.95. The highest BCUT2D eigenvalue weighted by Gasteiger charge is 2.38. The predicted molar refractivity (Wildman–Crippen MR) is 96.3 cm³/mol. The summed E-state index contributed by atoms with van der Waals surface area (Å²) in [5.41, 5.74) is 0.818. The highest BCUT2D eigenvalue weighted by atomic mass is 28.4. The van der Waals surface area contributed by atoms with Gasteiger partial charge in [-0.3, -0.25) is 0 Å². The van der Waals surface area contributed by atoms with Gasteiger partial charge in [-0.1, -0.05) is 25.9 Å². The van der Waals surface area contributed by atoms with Crippen molar-refractivity contribution in [1.29, 1.82) is 0 Å². The normalized spacial score (nSPS) is 21.0. The number of aromatic nitrogens is 1. The Morgan fingerprint density at radius 1 is 1.33 bits per heavy atom. The highest BCUT2D eigenvalue weighted by Crippen LogP contribution is 2.37. The topological polar surface area (TPSA) is 53.7 Å². The molecule has 2 heterocycles. The van der Waals surface area contributed by atoms with Crippen LogP contribution in [0.15, 0.2) is 10.6 Å². The molecule has 0 spiro atoms. The van der Waals surface area contributed by atoms with Crippen LogP contribution in [0.25, 0.3) is 0 Å². The molecule has 1 aliphatic heterocycles. The molecule has 2 atom stereocenters. The lowest BCUT2D eigenvalue weighted by Gasteiger charge is -2.38. The first-order valence-corrected chi connectivity index (χ1v) is 11.9. The Labute approximate surface area is 147 Å². The van der Waals surface area contributed by atoms with E-state index in [2.05, 4.69) is 45.9 Å². The second kappa shape index (κ2) is 8.12. The number of hydrogen-bond acceptors (Lipinski definition) is 5. The van der Waals surface area contributed by atoms with Gasteiger partial charge in [-0.15, -0.1) is 0 Å². The fourth-order valence-electron chi connectivity index (χ4n) is 2.55. The molecule has 5 nitrogen and oxygen atoms in total. The molecule has 1 aromatic rings. The summed E-state index contributed by atoms with van der Waals surface area (Å²) in [5, 5.41) is 4.31. The number of nitrogens with zero attached hydrogens (tertiary/aromatic N) is 1. The molecule has 0 amide bonds. The van der Waals surface area contributed by atoms with Crippen molar-refractivity contribution in [1.82, 2.24) is 5.16 Å². The Morgan fingerprint density at radius 3 is 2.71 bits per heavy atom. The van der Waals surface area contributed by atoms with Crippen LogP contribution in [0, 0.1) is 0 Å². The second-order valence-electron chi connectivity index (χ2n) is 8.28. The standard InChI is InChI=1S/C18H33NO4Si/c1-14(23-24(5,6)18(2,3)4)11-16-12-15(19-22-16)13-21-17-9-7-8-10-20-17/h12,14,17H,7-11,13H2,1-6H3. The summed E-state index contributed by atoms with van der Waals surface area (Å²) in [5.74, 6) is 0.851. The molecule has 1 saturated heterocycles. The van der Waals surface area contributed by atoms with Gasteiger partial charge in [0.15, 0.2) is 14.6 Å². The number of hydrogen-bond donors (Lipinski definition) is 0. The van der Waals surface area contributed by atoms with Crippen molar-refractivity contribution in [2.75, 3.05) is 6.61 Å². The van der Waals surface area contributed by atoms with Crippen molar-refractivity contribution in [2.45, 2.75) is 90.5 Å². The molecule has 6 heteroatoms. The molecular formula is C18H33NO4Si. The van der Waals surface area contributed by atoms with Crippen LogP contribution in [0.4, 0.5) is 0 Å². The number of rotatable bonds is 7. The zero-order chi connectivity index (χ0) is 17.8. The SMILES string of the molecule is CC(Cc1cc(COC2CCCCO2)no1)O[Si](C)(C)C(C)(C)C. The van der Waals surface area contributed by atoms with E-state index < -0.39 is 8.32 Å². The first-order chi connectivity index (χ1) is 11.2. The minimum atomic E-state index is -1.76. The zero-order valence-electron chi connectivity index (χ0n) is 16.1.